The van der Waals surface area contributed by atoms with Crippen molar-refractivity contribution in [2.45, 2.75) is 51.0 Å². The van der Waals surface area contributed by atoms with Crippen molar-refractivity contribution in [2.75, 3.05) is 7.11 Å². The van der Waals surface area contributed by atoms with Crippen molar-refractivity contribution < 1.29 is 19.4 Å². The fourth-order valence-corrected chi connectivity index (χ4v) is 5.94. The van der Waals surface area contributed by atoms with E-state index in [1.165, 1.54) is 12.8 Å². The Kier molecular flexibility index (Phi) is 6.42. The second-order valence-corrected chi connectivity index (χ2v) is 9.49. The number of carbonyl (C=O) groups excluding carboxylic acids is 1. The van der Waals surface area contributed by atoms with E-state index in [9.17, 15) is 9.59 Å². The minimum atomic E-state index is -0.738. The number of rotatable bonds is 9. The number of carbonyl (C=O) groups is 2. The number of unbranched alkanes of at least 4 members (excludes halogenated alkanes) is 1. The van der Waals surface area contributed by atoms with E-state index in [1.807, 2.05) is 23.6 Å². The van der Waals surface area contributed by atoms with E-state index >= 15 is 0 Å². The van der Waals surface area contributed by atoms with Crippen LogP contribution in [0.3, 0.4) is 0 Å². The van der Waals surface area contributed by atoms with Crippen LogP contribution < -0.4 is 10.1 Å². The molecule has 2 atom stereocenters. The quantitative estimate of drug-likeness (QED) is 0.423. The number of hydrogen-bond donors (Lipinski definition) is 2. The van der Waals surface area contributed by atoms with Crippen LogP contribution in [-0.4, -0.2) is 30.1 Å². The van der Waals surface area contributed by atoms with Crippen molar-refractivity contribution in [1.82, 2.24) is 5.32 Å². The number of carboxylic acids is 1. The molecule has 5 rings (SSSR count). The number of benzene rings is 1. The molecule has 6 heteroatoms. The summed E-state index contributed by atoms with van der Waals surface area (Å²) in [6.07, 6.45) is 10.6. The summed E-state index contributed by atoms with van der Waals surface area (Å²) in [5, 5.41) is 15.0. The fourth-order valence-electron chi connectivity index (χ4n) is 5.01. The maximum Gasteiger partial charge on any atom is 0.303 e. The van der Waals surface area contributed by atoms with Gasteiger partial charge < -0.3 is 15.2 Å². The minimum Gasteiger partial charge on any atom is -0.497 e. The van der Waals surface area contributed by atoms with Crippen molar-refractivity contribution in [2.24, 2.45) is 17.8 Å². The zero-order chi connectivity index (χ0) is 21.1. The summed E-state index contributed by atoms with van der Waals surface area (Å²) >= 11 is 1.59. The van der Waals surface area contributed by atoms with Gasteiger partial charge in [0.2, 0.25) is 0 Å². The Morgan fingerprint density at radius 3 is 2.87 bits per heavy atom. The van der Waals surface area contributed by atoms with Crippen LogP contribution in [0, 0.1) is 17.8 Å². The van der Waals surface area contributed by atoms with Gasteiger partial charge in [0.05, 0.1) is 12.7 Å². The maximum absolute atomic E-state index is 13.1. The Hall–Kier alpha value is -2.34. The minimum absolute atomic E-state index is 0.0104. The monoisotopic (exact) mass is 427 g/mol. The van der Waals surface area contributed by atoms with Crippen molar-refractivity contribution >= 4 is 33.3 Å². The van der Waals surface area contributed by atoms with Gasteiger partial charge in [0, 0.05) is 27.9 Å². The summed E-state index contributed by atoms with van der Waals surface area (Å²) in [5.41, 5.74) is 0.733. The molecule has 0 radical (unpaired) electrons. The van der Waals surface area contributed by atoms with Crippen LogP contribution in [0.25, 0.3) is 10.1 Å². The summed E-state index contributed by atoms with van der Waals surface area (Å²) in [5.74, 6) is 1.94. The van der Waals surface area contributed by atoms with E-state index < -0.39 is 5.97 Å². The van der Waals surface area contributed by atoms with Crippen LogP contribution in [0.1, 0.15) is 55.3 Å². The number of methoxy groups -OCH3 is 1. The van der Waals surface area contributed by atoms with Crippen LogP contribution in [0.4, 0.5) is 0 Å². The molecule has 3 fully saturated rings. The zero-order valence-electron chi connectivity index (χ0n) is 17.3. The van der Waals surface area contributed by atoms with E-state index in [4.69, 9.17) is 9.84 Å². The van der Waals surface area contributed by atoms with E-state index in [1.54, 1.807) is 18.4 Å². The highest BCUT2D eigenvalue weighted by molar-refractivity contribution is 7.17. The number of fused-ring (bicyclic) bond motifs is 3. The summed E-state index contributed by atoms with van der Waals surface area (Å²) in [6.45, 7) is 0. The van der Waals surface area contributed by atoms with Gasteiger partial charge in [0.1, 0.15) is 5.75 Å². The van der Waals surface area contributed by atoms with Gasteiger partial charge in [-0.25, -0.2) is 0 Å². The van der Waals surface area contributed by atoms with Gasteiger partial charge in [-0.05, 0) is 74.5 Å². The number of hydrogen-bond acceptors (Lipinski definition) is 4. The van der Waals surface area contributed by atoms with E-state index in [2.05, 4.69) is 17.5 Å². The number of carboxylic acid groups (broad SMARTS) is 1. The molecule has 1 aromatic carbocycles. The van der Waals surface area contributed by atoms with Crippen molar-refractivity contribution in [3.63, 3.8) is 0 Å². The van der Waals surface area contributed by atoms with E-state index in [-0.39, 0.29) is 18.4 Å². The number of ether oxygens (including phenoxy) is 1. The highest BCUT2D eigenvalue weighted by Crippen LogP contribution is 2.50. The average Bonchev–Trinajstić information content (AvgIpc) is 3.13. The molecule has 3 aliphatic carbocycles. The Morgan fingerprint density at radius 1 is 1.27 bits per heavy atom. The van der Waals surface area contributed by atoms with Gasteiger partial charge in [-0.3, -0.25) is 9.59 Å². The lowest BCUT2D eigenvalue weighted by atomic mass is 9.57. The highest BCUT2D eigenvalue weighted by atomic mass is 32.1. The van der Waals surface area contributed by atoms with Crippen LogP contribution in [0.2, 0.25) is 0 Å². The molecule has 1 aromatic heterocycles. The van der Waals surface area contributed by atoms with Crippen LogP contribution in [0.15, 0.2) is 35.7 Å². The first-order chi connectivity index (χ1) is 14.5. The fraction of sp³-hybridized carbons (Fsp3) is 0.500. The Morgan fingerprint density at radius 2 is 2.10 bits per heavy atom. The molecule has 30 heavy (non-hydrogen) atoms. The molecular formula is C24H29NO4S. The van der Waals surface area contributed by atoms with Crippen LogP contribution >= 0.6 is 11.3 Å². The van der Waals surface area contributed by atoms with Gasteiger partial charge in [-0.1, -0.05) is 12.2 Å². The molecule has 1 amide bonds. The van der Waals surface area contributed by atoms with Crippen molar-refractivity contribution in [3.05, 3.63) is 41.3 Å². The molecule has 0 unspecified atom stereocenters. The molecule has 160 valence electrons. The maximum atomic E-state index is 13.1. The van der Waals surface area contributed by atoms with Crippen LogP contribution in [0.5, 0.6) is 5.75 Å². The summed E-state index contributed by atoms with van der Waals surface area (Å²) in [4.78, 5) is 23.7. The number of aliphatic carboxylic acids is 1. The molecular weight excluding hydrogens is 398 g/mol. The SMILES string of the molecule is COc1ccc2scc(C(=O)N[C@@H]3CC4CC(C4)[C@@H]3C/C=C\CCCC(=O)O)c2c1. The lowest BCUT2D eigenvalue weighted by molar-refractivity contribution is -0.137. The predicted molar refractivity (Wildman–Crippen MR) is 119 cm³/mol. The molecule has 2 N–H and O–H groups in total. The average molecular weight is 428 g/mol. The molecule has 0 saturated heterocycles. The molecule has 1 heterocycles. The van der Waals surface area contributed by atoms with Gasteiger partial charge in [-0.15, -0.1) is 11.3 Å². The Bertz CT molecular complexity index is 944. The second-order valence-electron chi connectivity index (χ2n) is 8.58. The Labute approximate surface area is 181 Å². The van der Waals surface area contributed by atoms with Gasteiger partial charge in [0.25, 0.3) is 5.91 Å². The first kappa shape index (κ1) is 20.9. The molecule has 0 aliphatic heterocycles. The van der Waals surface area contributed by atoms with E-state index in [0.29, 0.717) is 18.3 Å². The summed E-state index contributed by atoms with van der Waals surface area (Å²) in [6, 6.07) is 6.08. The summed E-state index contributed by atoms with van der Waals surface area (Å²) < 4.78 is 6.42. The molecule has 3 saturated carbocycles. The number of nitrogens with one attached hydrogen (secondary N) is 1. The Balaban J connectivity index is 1.40. The van der Waals surface area contributed by atoms with Crippen molar-refractivity contribution in [3.8, 4) is 5.75 Å². The number of allylic oxidation sites excluding steroid dienone is 2. The highest BCUT2D eigenvalue weighted by Gasteiger charge is 2.45. The third-order valence-electron chi connectivity index (χ3n) is 6.66. The largest absolute Gasteiger partial charge is 0.497 e. The molecule has 2 aromatic rings. The first-order valence-corrected chi connectivity index (χ1v) is 11.7. The molecule has 5 nitrogen and oxygen atoms in total. The standard InChI is InChI=1S/C24H29NO4S/c1-29-17-8-9-22-19(13-17)20(14-30-22)24(28)25-21-12-15-10-16(11-15)18(21)6-4-2-3-5-7-23(26)27/h2,4,8-9,13-16,18,21H,3,5-7,10-12H2,1H3,(H,25,28)(H,26,27)/b4-2-/t15?,16?,18-,21+/m0/s1. The molecule has 3 aliphatic rings. The zero-order valence-corrected chi connectivity index (χ0v) is 18.1. The molecule has 0 spiro atoms. The number of thiophene rings is 1. The first-order valence-electron chi connectivity index (χ1n) is 10.8. The van der Waals surface area contributed by atoms with Crippen molar-refractivity contribution in [1.29, 1.82) is 0 Å². The lowest BCUT2D eigenvalue weighted by Crippen LogP contribution is -2.52. The smallest absolute Gasteiger partial charge is 0.303 e. The lowest BCUT2D eigenvalue weighted by Gasteiger charge is -2.51. The topological polar surface area (TPSA) is 75.6 Å². The van der Waals surface area contributed by atoms with Gasteiger partial charge >= 0.3 is 5.97 Å². The van der Waals surface area contributed by atoms with Gasteiger partial charge in [0.15, 0.2) is 0 Å². The third-order valence-corrected chi connectivity index (χ3v) is 7.62. The van der Waals surface area contributed by atoms with Crippen LogP contribution in [-0.2, 0) is 4.79 Å². The number of amides is 1. The summed E-state index contributed by atoms with van der Waals surface area (Å²) in [7, 11) is 1.64. The second kappa shape index (κ2) is 9.21. The third kappa shape index (κ3) is 4.53. The van der Waals surface area contributed by atoms with E-state index in [0.717, 1.165) is 46.6 Å². The normalized spacial score (nSPS) is 25.2. The predicted octanol–water partition coefficient (Wildman–Crippen LogP) is 5.26. The van der Waals surface area contributed by atoms with Gasteiger partial charge in [-0.2, -0.15) is 0 Å². The molecule has 2 bridgehead atoms.